The van der Waals surface area contributed by atoms with Gasteiger partial charge in [-0.3, -0.25) is 4.79 Å². The minimum Gasteiger partial charge on any atom is -0.391 e. The van der Waals surface area contributed by atoms with Crippen LogP contribution in [-0.2, 0) is 10.2 Å². The maximum Gasteiger partial charge on any atom is 0.230 e. The van der Waals surface area contributed by atoms with E-state index in [0.717, 1.165) is 48.6 Å². The third-order valence-corrected chi connectivity index (χ3v) is 5.16. The summed E-state index contributed by atoms with van der Waals surface area (Å²) >= 11 is 3.42. The average molecular weight is 338 g/mol. The molecule has 2 aliphatic carbocycles. The van der Waals surface area contributed by atoms with Gasteiger partial charge in [0.05, 0.1) is 17.6 Å². The first-order chi connectivity index (χ1) is 9.62. The molecule has 3 rings (SSSR count). The van der Waals surface area contributed by atoms with Gasteiger partial charge in [-0.15, -0.1) is 0 Å². The van der Waals surface area contributed by atoms with E-state index in [1.165, 1.54) is 0 Å². The molecule has 0 radical (unpaired) electrons. The molecule has 3 nitrogen and oxygen atoms in total. The minimum atomic E-state index is -0.381. The monoisotopic (exact) mass is 337 g/mol. The Balaban J connectivity index is 1.71. The number of carbonyl (C=O) groups is 1. The van der Waals surface area contributed by atoms with Crippen LogP contribution in [-0.4, -0.2) is 23.2 Å². The first-order valence-corrected chi connectivity index (χ1v) is 8.16. The highest BCUT2D eigenvalue weighted by molar-refractivity contribution is 9.10. The van der Waals surface area contributed by atoms with Crippen LogP contribution in [0.15, 0.2) is 28.7 Å². The quantitative estimate of drug-likeness (QED) is 0.890. The second-order valence-electron chi connectivity index (χ2n) is 6.02. The number of aliphatic hydroxyl groups excluding tert-OH is 1. The zero-order valence-electron chi connectivity index (χ0n) is 11.4. The van der Waals surface area contributed by atoms with Gasteiger partial charge < -0.3 is 10.4 Å². The van der Waals surface area contributed by atoms with Crippen molar-refractivity contribution in [2.75, 3.05) is 0 Å². The summed E-state index contributed by atoms with van der Waals surface area (Å²) < 4.78 is 1.03. The molecular formula is C16H20BrNO2. The Bertz CT molecular complexity index is 496. The van der Waals surface area contributed by atoms with Crippen LogP contribution in [0, 0.1) is 0 Å². The predicted molar refractivity (Wildman–Crippen MR) is 81.5 cm³/mol. The van der Waals surface area contributed by atoms with Crippen molar-refractivity contribution in [2.45, 2.75) is 56.1 Å². The van der Waals surface area contributed by atoms with E-state index in [4.69, 9.17) is 0 Å². The lowest BCUT2D eigenvalue weighted by Crippen LogP contribution is -2.48. The van der Waals surface area contributed by atoms with Gasteiger partial charge in [0.1, 0.15) is 0 Å². The van der Waals surface area contributed by atoms with E-state index in [2.05, 4.69) is 21.2 Å². The summed E-state index contributed by atoms with van der Waals surface area (Å²) in [4.78, 5) is 12.6. The lowest BCUT2D eigenvalue weighted by molar-refractivity contribution is -0.125. The predicted octanol–water partition coefficient (Wildman–Crippen LogP) is 2.90. The summed E-state index contributed by atoms with van der Waals surface area (Å²) in [6.45, 7) is 0. The Morgan fingerprint density at radius 3 is 2.45 bits per heavy atom. The molecule has 2 unspecified atom stereocenters. The summed E-state index contributed by atoms with van der Waals surface area (Å²) in [5.41, 5.74) is 0.737. The third-order valence-electron chi connectivity index (χ3n) is 4.63. The molecule has 2 fully saturated rings. The highest BCUT2D eigenvalue weighted by Crippen LogP contribution is 2.48. The Kier molecular flexibility index (Phi) is 3.87. The lowest BCUT2D eigenvalue weighted by atomic mass is 9.90. The molecule has 0 spiro atoms. The van der Waals surface area contributed by atoms with Crippen molar-refractivity contribution in [2.24, 2.45) is 0 Å². The van der Waals surface area contributed by atoms with Crippen LogP contribution in [0.1, 0.15) is 44.1 Å². The van der Waals surface area contributed by atoms with Crippen LogP contribution in [0.5, 0.6) is 0 Å². The number of carbonyl (C=O) groups excluding carboxylic acids is 1. The molecule has 2 atom stereocenters. The van der Waals surface area contributed by atoms with Crippen LogP contribution in [0.2, 0.25) is 0 Å². The van der Waals surface area contributed by atoms with Crippen LogP contribution >= 0.6 is 15.9 Å². The Morgan fingerprint density at radius 2 is 1.85 bits per heavy atom. The summed E-state index contributed by atoms with van der Waals surface area (Å²) in [5, 5.41) is 13.1. The minimum absolute atomic E-state index is 0.0656. The van der Waals surface area contributed by atoms with Gasteiger partial charge in [0.2, 0.25) is 5.91 Å². The molecule has 0 saturated heterocycles. The topological polar surface area (TPSA) is 49.3 Å². The molecule has 0 bridgehead atoms. The van der Waals surface area contributed by atoms with Crippen LogP contribution in [0.4, 0.5) is 0 Å². The molecule has 2 aliphatic rings. The van der Waals surface area contributed by atoms with E-state index in [-0.39, 0.29) is 23.5 Å². The second-order valence-corrected chi connectivity index (χ2v) is 6.94. The number of hydrogen-bond donors (Lipinski definition) is 2. The molecule has 1 amide bonds. The fraction of sp³-hybridized carbons (Fsp3) is 0.562. The molecule has 2 saturated carbocycles. The second kappa shape index (κ2) is 5.49. The summed E-state index contributed by atoms with van der Waals surface area (Å²) in [7, 11) is 0. The molecular weight excluding hydrogens is 318 g/mol. The van der Waals surface area contributed by atoms with E-state index in [9.17, 15) is 9.90 Å². The van der Waals surface area contributed by atoms with Crippen LogP contribution in [0.25, 0.3) is 0 Å². The van der Waals surface area contributed by atoms with E-state index < -0.39 is 0 Å². The maximum absolute atomic E-state index is 12.6. The van der Waals surface area contributed by atoms with Gasteiger partial charge in [-0.25, -0.2) is 0 Å². The molecule has 2 N–H and O–H groups in total. The fourth-order valence-corrected chi connectivity index (χ4v) is 3.39. The van der Waals surface area contributed by atoms with Crippen molar-refractivity contribution in [1.82, 2.24) is 5.32 Å². The standard InChI is InChI=1S/C16H20BrNO2/c17-12-7-5-11(6-8-12)16(9-10-16)15(20)18-13-3-1-2-4-14(13)19/h5-8,13-14,19H,1-4,9-10H2,(H,18,20). The number of rotatable bonds is 3. The summed E-state index contributed by atoms with van der Waals surface area (Å²) in [6.07, 6.45) is 5.28. The largest absolute Gasteiger partial charge is 0.391 e. The SMILES string of the molecule is O=C(NC1CCCCC1O)C1(c2ccc(Br)cc2)CC1. The van der Waals surface area contributed by atoms with Gasteiger partial charge in [0.25, 0.3) is 0 Å². The third kappa shape index (κ3) is 2.63. The highest BCUT2D eigenvalue weighted by atomic mass is 79.9. The van der Waals surface area contributed by atoms with Gasteiger partial charge in [-0.05, 0) is 43.4 Å². The van der Waals surface area contributed by atoms with E-state index in [1.807, 2.05) is 24.3 Å². The summed E-state index contributed by atoms with van der Waals surface area (Å²) in [5.74, 6) is 0.0887. The van der Waals surface area contributed by atoms with E-state index >= 15 is 0 Å². The smallest absolute Gasteiger partial charge is 0.230 e. The number of nitrogens with one attached hydrogen (secondary N) is 1. The number of hydrogen-bond acceptors (Lipinski definition) is 2. The number of amides is 1. The molecule has 4 heteroatoms. The molecule has 0 aromatic heterocycles. The maximum atomic E-state index is 12.6. The van der Waals surface area contributed by atoms with Gasteiger partial charge in [0.15, 0.2) is 0 Å². The van der Waals surface area contributed by atoms with Crippen molar-refractivity contribution >= 4 is 21.8 Å². The Morgan fingerprint density at radius 1 is 1.20 bits per heavy atom. The molecule has 1 aromatic rings. The van der Waals surface area contributed by atoms with Gasteiger partial charge in [-0.1, -0.05) is 40.9 Å². The molecule has 1 aromatic carbocycles. The number of aliphatic hydroxyl groups is 1. The normalized spacial score (nSPS) is 27.9. The molecule has 0 aliphatic heterocycles. The van der Waals surface area contributed by atoms with Crippen molar-refractivity contribution < 1.29 is 9.90 Å². The van der Waals surface area contributed by atoms with Crippen molar-refractivity contribution in [3.8, 4) is 0 Å². The van der Waals surface area contributed by atoms with E-state index in [1.54, 1.807) is 0 Å². The van der Waals surface area contributed by atoms with Crippen LogP contribution in [0.3, 0.4) is 0 Å². The fourth-order valence-electron chi connectivity index (χ4n) is 3.13. The van der Waals surface area contributed by atoms with Crippen molar-refractivity contribution in [1.29, 1.82) is 0 Å². The van der Waals surface area contributed by atoms with Gasteiger partial charge >= 0.3 is 0 Å². The number of halogens is 1. The lowest BCUT2D eigenvalue weighted by Gasteiger charge is -2.30. The van der Waals surface area contributed by atoms with E-state index in [0.29, 0.717) is 0 Å². The Labute approximate surface area is 127 Å². The van der Waals surface area contributed by atoms with Gasteiger partial charge in [-0.2, -0.15) is 0 Å². The zero-order chi connectivity index (χ0) is 14.2. The highest BCUT2D eigenvalue weighted by Gasteiger charge is 2.51. The zero-order valence-corrected chi connectivity index (χ0v) is 13.0. The van der Waals surface area contributed by atoms with Crippen LogP contribution < -0.4 is 5.32 Å². The number of benzene rings is 1. The average Bonchev–Trinajstić information content (AvgIpc) is 3.24. The first kappa shape index (κ1) is 14.1. The van der Waals surface area contributed by atoms with Gasteiger partial charge in [0, 0.05) is 4.47 Å². The first-order valence-electron chi connectivity index (χ1n) is 7.37. The molecule has 108 valence electrons. The van der Waals surface area contributed by atoms with Crippen molar-refractivity contribution in [3.05, 3.63) is 34.3 Å². The molecule has 20 heavy (non-hydrogen) atoms. The Hall–Kier alpha value is -0.870. The summed E-state index contributed by atoms with van der Waals surface area (Å²) in [6, 6.07) is 7.95. The molecule has 0 heterocycles. The van der Waals surface area contributed by atoms with Crippen molar-refractivity contribution in [3.63, 3.8) is 0 Å².